The number of benzene rings is 1. The van der Waals surface area contributed by atoms with Gasteiger partial charge < -0.3 is 21.2 Å². The first-order valence-electron chi connectivity index (χ1n) is 10.0. The molecule has 28 heavy (non-hydrogen) atoms. The molecule has 1 aliphatic heterocycles. The first-order chi connectivity index (χ1) is 13.4. The van der Waals surface area contributed by atoms with Crippen LogP contribution in [0.25, 0.3) is 0 Å². The number of aliphatic carboxylic acids is 1. The van der Waals surface area contributed by atoms with Crippen molar-refractivity contribution in [3.05, 3.63) is 29.6 Å². The number of hydrogen-bond acceptors (Lipinski definition) is 5. The summed E-state index contributed by atoms with van der Waals surface area (Å²) in [6.07, 6.45) is 5.98. The molecule has 1 heterocycles. The molecule has 3 rings (SSSR count). The number of carboxylic acids is 1. The first kappa shape index (κ1) is 20.5. The van der Waals surface area contributed by atoms with E-state index >= 15 is 0 Å². The molecule has 154 valence electrons. The second kappa shape index (κ2) is 8.87. The SMILES string of the molecule is CCC1C(C2CCCC2)CNN1c1cc(F)cc(C(=O)NC[C@@H](N)C(=O)O)c1. The van der Waals surface area contributed by atoms with Crippen molar-refractivity contribution in [2.75, 3.05) is 18.1 Å². The number of carboxylic acid groups (broad SMARTS) is 1. The Kier molecular flexibility index (Phi) is 6.51. The summed E-state index contributed by atoms with van der Waals surface area (Å²) in [5.74, 6) is -1.05. The summed E-state index contributed by atoms with van der Waals surface area (Å²) in [6, 6.07) is 3.26. The Balaban J connectivity index is 1.75. The largest absolute Gasteiger partial charge is 0.480 e. The molecule has 2 fully saturated rings. The molecule has 1 saturated carbocycles. The molecule has 2 aliphatic rings. The van der Waals surface area contributed by atoms with Crippen LogP contribution in [-0.4, -0.2) is 42.2 Å². The summed E-state index contributed by atoms with van der Waals surface area (Å²) in [7, 11) is 0. The Morgan fingerprint density at radius 2 is 2.07 bits per heavy atom. The highest BCUT2D eigenvalue weighted by Gasteiger charge is 2.39. The Labute approximate surface area is 164 Å². The van der Waals surface area contributed by atoms with Gasteiger partial charge in [0, 0.05) is 24.7 Å². The smallest absolute Gasteiger partial charge is 0.322 e. The lowest BCUT2D eigenvalue weighted by molar-refractivity contribution is -0.138. The molecule has 1 saturated heterocycles. The third kappa shape index (κ3) is 4.44. The molecule has 7 nitrogen and oxygen atoms in total. The van der Waals surface area contributed by atoms with E-state index in [1.165, 1.54) is 31.7 Å². The number of hydrazine groups is 1. The van der Waals surface area contributed by atoms with Crippen LogP contribution < -0.4 is 21.5 Å². The number of nitrogens with one attached hydrogen (secondary N) is 2. The maximum Gasteiger partial charge on any atom is 0.322 e. The van der Waals surface area contributed by atoms with Crippen molar-refractivity contribution in [1.29, 1.82) is 0 Å². The molecule has 1 aliphatic carbocycles. The number of nitrogens with zero attached hydrogens (tertiary/aromatic N) is 1. The van der Waals surface area contributed by atoms with Crippen molar-refractivity contribution in [1.82, 2.24) is 10.7 Å². The normalized spacial score (nSPS) is 23.8. The van der Waals surface area contributed by atoms with Gasteiger partial charge in [0.1, 0.15) is 11.9 Å². The van der Waals surface area contributed by atoms with E-state index in [1.54, 1.807) is 6.07 Å². The van der Waals surface area contributed by atoms with Crippen molar-refractivity contribution < 1.29 is 19.1 Å². The van der Waals surface area contributed by atoms with Crippen LogP contribution in [0.1, 0.15) is 49.4 Å². The van der Waals surface area contributed by atoms with Gasteiger partial charge in [-0.3, -0.25) is 9.59 Å². The van der Waals surface area contributed by atoms with E-state index in [2.05, 4.69) is 17.7 Å². The van der Waals surface area contributed by atoms with E-state index in [4.69, 9.17) is 10.8 Å². The lowest BCUT2D eigenvalue weighted by Crippen LogP contribution is -2.42. The van der Waals surface area contributed by atoms with Crippen molar-refractivity contribution in [2.45, 2.75) is 51.1 Å². The molecule has 0 spiro atoms. The molecule has 3 atom stereocenters. The van der Waals surface area contributed by atoms with Crippen molar-refractivity contribution >= 4 is 17.6 Å². The summed E-state index contributed by atoms with van der Waals surface area (Å²) in [4.78, 5) is 23.1. The third-order valence-electron chi connectivity index (χ3n) is 5.97. The van der Waals surface area contributed by atoms with Gasteiger partial charge in [0.25, 0.3) is 5.91 Å². The van der Waals surface area contributed by atoms with Crippen LogP contribution in [0.3, 0.4) is 0 Å². The van der Waals surface area contributed by atoms with E-state index in [1.807, 2.05) is 5.01 Å². The first-order valence-corrected chi connectivity index (χ1v) is 10.0. The van der Waals surface area contributed by atoms with Gasteiger partial charge in [0.05, 0.1) is 5.69 Å². The summed E-state index contributed by atoms with van der Waals surface area (Å²) in [6.45, 7) is 2.77. The standard InChI is InChI=1S/C20H29FN4O3/c1-2-18-16(12-5-3-4-6-12)10-24-25(18)15-8-13(7-14(21)9-15)19(26)23-11-17(22)20(27)28/h7-9,12,16-18,24H,2-6,10-11,22H2,1H3,(H,23,26)(H,27,28)/t16?,17-,18?/m1/s1. The lowest BCUT2D eigenvalue weighted by atomic mass is 9.84. The molecule has 0 aromatic heterocycles. The fourth-order valence-electron chi connectivity index (χ4n) is 4.52. The monoisotopic (exact) mass is 392 g/mol. The van der Waals surface area contributed by atoms with E-state index in [9.17, 15) is 14.0 Å². The minimum Gasteiger partial charge on any atom is -0.480 e. The quantitative estimate of drug-likeness (QED) is 0.564. The van der Waals surface area contributed by atoms with Gasteiger partial charge in [-0.05, 0) is 36.5 Å². The predicted molar refractivity (Wildman–Crippen MR) is 104 cm³/mol. The Morgan fingerprint density at radius 3 is 2.71 bits per heavy atom. The topological polar surface area (TPSA) is 108 Å². The zero-order chi connectivity index (χ0) is 20.3. The van der Waals surface area contributed by atoms with Gasteiger partial charge in [0.15, 0.2) is 0 Å². The summed E-state index contributed by atoms with van der Waals surface area (Å²) >= 11 is 0. The van der Waals surface area contributed by atoms with Crippen molar-refractivity contribution in [3.63, 3.8) is 0 Å². The molecular formula is C20H29FN4O3. The highest BCUT2D eigenvalue weighted by Crippen LogP contribution is 2.38. The van der Waals surface area contributed by atoms with Gasteiger partial charge in [0.2, 0.25) is 0 Å². The Hall–Kier alpha value is -2.19. The van der Waals surface area contributed by atoms with Crippen LogP contribution in [0.4, 0.5) is 10.1 Å². The fraction of sp³-hybridized carbons (Fsp3) is 0.600. The van der Waals surface area contributed by atoms with Gasteiger partial charge in [-0.2, -0.15) is 0 Å². The maximum atomic E-state index is 14.2. The lowest BCUT2D eigenvalue weighted by Gasteiger charge is -2.30. The second-order valence-electron chi connectivity index (χ2n) is 7.77. The van der Waals surface area contributed by atoms with Gasteiger partial charge in [-0.25, -0.2) is 9.82 Å². The number of carbonyl (C=O) groups is 2. The number of rotatable bonds is 7. The second-order valence-corrected chi connectivity index (χ2v) is 7.77. The molecule has 0 radical (unpaired) electrons. The van der Waals surface area contributed by atoms with E-state index < -0.39 is 23.7 Å². The van der Waals surface area contributed by atoms with Gasteiger partial charge in [-0.15, -0.1) is 0 Å². The molecular weight excluding hydrogens is 363 g/mol. The Morgan fingerprint density at radius 1 is 1.36 bits per heavy atom. The average Bonchev–Trinajstić information content (AvgIpc) is 3.33. The number of halogens is 1. The van der Waals surface area contributed by atoms with Crippen molar-refractivity contribution in [3.8, 4) is 0 Å². The van der Waals surface area contributed by atoms with Crippen LogP contribution in [-0.2, 0) is 4.79 Å². The molecule has 0 bridgehead atoms. The highest BCUT2D eigenvalue weighted by atomic mass is 19.1. The third-order valence-corrected chi connectivity index (χ3v) is 5.97. The number of hydrogen-bond donors (Lipinski definition) is 4. The maximum absolute atomic E-state index is 14.2. The Bertz CT molecular complexity index is 723. The predicted octanol–water partition coefficient (Wildman–Crippen LogP) is 1.88. The number of carbonyl (C=O) groups excluding carboxylic acids is 1. The van der Waals surface area contributed by atoms with Crippen LogP contribution in [0.5, 0.6) is 0 Å². The summed E-state index contributed by atoms with van der Waals surface area (Å²) in [5, 5.41) is 13.3. The van der Waals surface area contributed by atoms with Crippen LogP contribution >= 0.6 is 0 Å². The minimum atomic E-state index is -1.20. The number of anilines is 1. The highest BCUT2D eigenvalue weighted by molar-refractivity contribution is 5.95. The van der Waals surface area contributed by atoms with E-state index in [0.717, 1.165) is 19.0 Å². The fourth-order valence-corrected chi connectivity index (χ4v) is 4.52. The molecule has 1 aromatic carbocycles. The molecule has 2 unspecified atom stereocenters. The van der Waals surface area contributed by atoms with Crippen LogP contribution in [0, 0.1) is 17.7 Å². The molecule has 5 N–H and O–H groups in total. The van der Waals surface area contributed by atoms with Gasteiger partial charge in [-0.1, -0.05) is 32.6 Å². The van der Waals surface area contributed by atoms with Gasteiger partial charge >= 0.3 is 5.97 Å². The number of amides is 1. The summed E-state index contributed by atoms with van der Waals surface area (Å²) < 4.78 is 14.2. The van der Waals surface area contributed by atoms with E-state index in [-0.39, 0.29) is 18.2 Å². The molecule has 8 heteroatoms. The average molecular weight is 392 g/mol. The molecule has 1 aromatic rings. The van der Waals surface area contributed by atoms with Crippen molar-refractivity contribution in [2.24, 2.45) is 17.6 Å². The van der Waals surface area contributed by atoms with Crippen LogP contribution in [0.2, 0.25) is 0 Å². The number of nitrogens with two attached hydrogens (primary N) is 1. The summed E-state index contributed by atoms with van der Waals surface area (Å²) in [5.41, 5.74) is 9.56. The molecule has 1 amide bonds. The minimum absolute atomic E-state index is 0.147. The van der Waals surface area contributed by atoms with E-state index in [0.29, 0.717) is 17.5 Å². The zero-order valence-corrected chi connectivity index (χ0v) is 16.2. The van der Waals surface area contributed by atoms with Crippen LogP contribution in [0.15, 0.2) is 18.2 Å². The zero-order valence-electron chi connectivity index (χ0n) is 16.2.